The van der Waals surface area contributed by atoms with Crippen LogP contribution in [-0.4, -0.2) is 25.0 Å². The fourth-order valence-corrected chi connectivity index (χ4v) is 1.95. The maximum absolute atomic E-state index is 13.4. The quantitative estimate of drug-likeness (QED) is 0.789. The molecule has 0 heterocycles. The van der Waals surface area contributed by atoms with Gasteiger partial charge in [0.25, 0.3) is 0 Å². The van der Waals surface area contributed by atoms with Gasteiger partial charge in [-0.1, -0.05) is 6.92 Å². The van der Waals surface area contributed by atoms with Crippen LogP contribution in [0.3, 0.4) is 0 Å². The zero-order valence-corrected chi connectivity index (χ0v) is 11.7. The maximum Gasteiger partial charge on any atom is 0.236 e. The highest BCUT2D eigenvalue weighted by atomic mass is 19.1. The minimum absolute atomic E-state index is 0.110. The summed E-state index contributed by atoms with van der Waals surface area (Å²) in [6.07, 6.45) is 0. The van der Waals surface area contributed by atoms with Gasteiger partial charge in [0, 0.05) is 18.3 Å². The Labute approximate surface area is 113 Å². The van der Waals surface area contributed by atoms with Crippen LogP contribution in [0.2, 0.25) is 0 Å². The number of primary amides is 1. The predicted molar refractivity (Wildman–Crippen MR) is 75.5 cm³/mol. The number of carbonyl (C=O) groups excluding carboxylic acids is 1. The molecule has 4 nitrogen and oxygen atoms in total. The lowest BCUT2D eigenvalue weighted by Crippen LogP contribution is -2.39. The van der Waals surface area contributed by atoms with Gasteiger partial charge in [-0.15, -0.1) is 0 Å². The second-order valence-electron chi connectivity index (χ2n) is 4.74. The van der Waals surface area contributed by atoms with Gasteiger partial charge in [0.15, 0.2) is 0 Å². The monoisotopic (exact) mass is 267 g/mol. The van der Waals surface area contributed by atoms with Crippen molar-refractivity contribution >= 4 is 11.6 Å². The van der Waals surface area contributed by atoms with Crippen LogP contribution in [-0.2, 0) is 11.3 Å². The number of amides is 1. The normalized spacial score (nSPS) is 10.8. The molecule has 1 aromatic carbocycles. The number of nitrogens with zero attached hydrogens (tertiary/aromatic N) is 1. The van der Waals surface area contributed by atoms with Crippen molar-refractivity contribution in [3.8, 4) is 0 Å². The Morgan fingerprint density at radius 2 is 2.16 bits per heavy atom. The lowest BCUT2D eigenvalue weighted by atomic mass is 10.1. The fourth-order valence-electron chi connectivity index (χ4n) is 1.95. The lowest BCUT2D eigenvalue weighted by Gasteiger charge is -2.30. The molecule has 0 bridgehead atoms. The predicted octanol–water partition coefficient (Wildman–Crippen LogP) is 1.64. The van der Waals surface area contributed by atoms with Crippen LogP contribution in [0.5, 0.6) is 0 Å². The SMILES string of the molecule is CCNCc1cc(F)ccc1N(CC(N)=O)C(C)C. The molecule has 0 radical (unpaired) electrons. The van der Waals surface area contributed by atoms with Crippen LogP contribution in [0.25, 0.3) is 0 Å². The van der Waals surface area contributed by atoms with E-state index in [0.717, 1.165) is 17.8 Å². The molecule has 0 spiro atoms. The molecule has 0 aliphatic heterocycles. The van der Waals surface area contributed by atoms with Crippen molar-refractivity contribution < 1.29 is 9.18 Å². The molecule has 19 heavy (non-hydrogen) atoms. The zero-order chi connectivity index (χ0) is 14.4. The van der Waals surface area contributed by atoms with Crippen molar-refractivity contribution in [2.24, 2.45) is 5.73 Å². The number of hydrogen-bond donors (Lipinski definition) is 2. The number of nitrogens with two attached hydrogens (primary N) is 1. The fraction of sp³-hybridized carbons (Fsp3) is 0.500. The third kappa shape index (κ3) is 4.52. The third-order valence-corrected chi connectivity index (χ3v) is 2.87. The summed E-state index contributed by atoms with van der Waals surface area (Å²) in [6, 6.07) is 4.71. The van der Waals surface area contributed by atoms with E-state index in [0.29, 0.717) is 6.54 Å². The van der Waals surface area contributed by atoms with Gasteiger partial charge in [-0.2, -0.15) is 0 Å². The van der Waals surface area contributed by atoms with Crippen LogP contribution in [0.4, 0.5) is 10.1 Å². The summed E-state index contributed by atoms with van der Waals surface area (Å²) in [5.74, 6) is -0.674. The van der Waals surface area contributed by atoms with E-state index in [2.05, 4.69) is 5.32 Å². The molecule has 3 N–H and O–H groups in total. The number of nitrogens with one attached hydrogen (secondary N) is 1. The van der Waals surface area contributed by atoms with Gasteiger partial charge in [-0.3, -0.25) is 4.79 Å². The van der Waals surface area contributed by atoms with Crippen LogP contribution in [0, 0.1) is 5.82 Å². The van der Waals surface area contributed by atoms with E-state index in [4.69, 9.17) is 5.73 Å². The van der Waals surface area contributed by atoms with E-state index >= 15 is 0 Å². The molecule has 1 aromatic rings. The zero-order valence-electron chi connectivity index (χ0n) is 11.7. The van der Waals surface area contributed by atoms with Gasteiger partial charge in [0.05, 0.1) is 6.54 Å². The number of hydrogen-bond acceptors (Lipinski definition) is 3. The molecule has 106 valence electrons. The van der Waals surface area contributed by atoms with E-state index in [1.165, 1.54) is 12.1 Å². The second-order valence-corrected chi connectivity index (χ2v) is 4.74. The van der Waals surface area contributed by atoms with Crippen LogP contribution in [0.1, 0.15) is 26.3 Å². The van der Waals surface area contributed by atoms with Crippen LogP contribution >= 0.6 is 0 Å². The van der Waals surface area contributed by atoms with Gasteiger partial charge in [0.1, 0.15) is 5.82 Å². The Kier molecular flexibility index (Phi) is 5.76. The number of anilines is 1. The summed E-state index contributed by atoms with van der Waals surface area (Å²) in [4.78, 5) is 13.1. The Hall–Kier alpha value is -1.62. The van der Waals surface area contributed by atoms with Crippen molar-refractivity contribution in [3.05, 3.63) is 29.6 Å². The van der Waals surface area contributed by atoms with Gasteiger partial charge in [-0.25, -0.2) is 4.39 Å². The van der Waals surface area contributed by atoms with Crippen molar-refractivity contribution in [1.82, 2.24) is 5.32 Å². The summed E-state index contributed by atoms with van der Waals surface area (Å²) in [7, 11) is 0. The standard InChI is InChI=1S/C14H22FN3O/c1-4-17-8-11-7-12(15)5-6-13(11)18(10(2)3)9-14(16)19/h5-7,10,17H,4,8-9H2,1-3H3,(H2,16,19). The summed E-state index contributed by atoms with van der Waals surface area (Å²) in [6.45, 7) is 7.43. The molecule has 0 atom stereocenters. The molecular weight excluding hydrogens is 245 g/mol. The summed E-state index contributed by atoms with van der Waals surface area (Å²) >= 11 is 0. The molecule has 0 fully saturated rings. The van der Waals surface area contributed by atoms with Gasteiger partial charge in [-0.05, 0) is 44.2 Å². The third-order valence-electron chi connectivity index (χ3n) is 2.87. The van der Waals surface area contributed by atoms with E-state index in [-0.39, 0.29) is 18.4 Å². The minimum Gasteiger partial charge on any atom is -0.368 e. The Balaban J connectivity index is 3.09. The number of benzene rings is 1. The van der Waals surface area contributed by atoms with E-state index in [1.807, 2.05) is 25.7 Å². The summed E-state index contributed by atoms with van der Waals surface area (Å²) in [5.41, 5.74) is 6.95. The first-order valence-corrected chi connectivity index (χ1v) is 6.49. The molecule has 0 unspecified atom stereocenters. The second kappa shape index (κ2) is 7.09. The molecule has 0 aromatic heterocycles. The van der Waals surface area contributed by atoms with Gasteiger partial charge in [0.2, 0.25) is 5.91 Å². The molecule has 0 saturated carbocycles. The van der Waals surface area contributed by atoms with Crippen molar-refractivity contribution in [2.45, 2.75) is 33.4 Å². The molecule has 0 aliphatic rings. The van der Waals surface area contributed by atoms with Crippen molar-refractivity contribution in [2.75, 3.05) is 18.0 Å². The number of carbonyl (C=O) groups is 1. The first-order valence-electron chi connectivity index (χ1n) is 6.49. The molecule has 5 heteroatoms. The lowest BCUT2D eigenvalue weighted by molar-refractivity contribution is -0.116. The Bertz CT molecular complexity index is 435. The van der Waals surface area contributed by atoms with E-state index in [1.54, 1.807) is 6.07 Å². The van der Waals surface area contributed by atoms with Crippen LogP contribution < -0.4 is 16.0 Å². The summed E-state index contributed by atoms with van der Waals surface area (Å²) in [5, 5.41) is 3.17. The van der Waals surface area contributed by atoms with Crippen LogP contribution in [0.15, 0.2) is 18.2 Å². The minimum atomic E-state index is -0.396. The smallest absolute Gasteiger partial charge is 0.236 e. The van der Waals surface area contributed by atoms with Crippen molar-refractivity contribution in [3.63, 3.8) is 0 Å². The number of halogens is 1. The average Bonchev–Trinajstić information content (AvgIpc) is 2.33. The molecule has 1 rings (SSSR count). The highest BCUT2D eigenvalue weighted by Gasteiger charge is 2.16. The van der Waals surface area contributed by atoms with E-state index in [9.17, 15) is 9.18 Å². The molecule has 0 saturated heterocycles. The average molecular weight is 267 g/mol. The summed E-state index contributed by atoms with van der Waals surface area (Å²) < 4.78 is 13.4. The molecule has 1 amide bonds. The number of rotatable bonds is 7. The highest BCUT2D eigenvalue weighted by molar-refractivity contribution is 5.80. The Morgan fingerprint density at radius 3 is 2.68 bits per heavy atom. The first kappa shape index (κ1) is 15.4. The molecular formula is C14H22FN3O. The highest BCUT2D eigenvalue weighted by Crippen LogP contribution is 2.23. The topological polar surface area (TPSA) is 58.4 Å². The Morgan fingerprint density at radius 1 is 1.47 bits per heavy atom. The maximum atomic E-state index is 13.4. The van der Waals surface area contributed by atoms with Gasteiger partial charge < -0.3 is 16.0 Å². The largest absolute Gasteiger partial charge is 0.368 e. The van der Waals surface area contributed by atoms with E-state index < -0.39 is 5.91 Å². The first-order chi connectivity index (χ1) is 8.95. The van der Waals surface area contributed by atoms with Crippen molar-refractivity contribution in [1.29, 1.82) is 0 Å². The molecule has 0 aliphatic carbocycles. The van der Waals surface area contributed by atoms with Gasteiger partial charge >= 0.3 is 0 Å².